The number of nitrogens with one attached hydrogen (secondary N) is 2. The van der Waals surface area contributed by atoms with Gasteiger partial charge < -0.3 is 14.8 Å². The summed E-state index contributed by atoms with van der Waals surface area (Å²) in [5.74, 6) is -2.61. The number of fused-ring (bicyclic) bond motifs is 2. The summed E-state index contributed by atoms with van der Waals surface area (Å²) in [7, 11) is 2.15. The number of rotatable bonds is 5. The zero-order valence-electron chi connectivity index (χ0n) is 21.7. The summed E-state index contributed by atoms with van der Waals surface area (Å²) in [6, 6.07) is 8.25. The molecule has 7 heterocycles. The summed E-state index contributed by atoms with van der Waals surface area (Å²) >= 11 is 0. The number of alkyl halides is 2. The number of hydrogen-bond acceptors (Lipinski definition) is 7. The molecule has 5 aromatic rings. The molecule has 0 spiro atoms. The third kappa shape index (κ3) is 4.61. The number of aromatic amines is 2. The van der Waals surface area contributed by atoms with Crippen LogP contribution in [0.5, 0.6) is 0 Å². The smallest absolute Gasteiger partial charge is 0.261 e. The average molecular weight is 530 g/mol. The first-order chi connectivity index (χ1) is 18.9. The maximum Gasteiger partial charge on any atom is 0.261 e. The highest BCUT2D eigenvalue weighted by Gasteiger charge is 2.37. The van der Waals surface area contributed by atoms with Crippen LogP contribution in [0.2, 0.25) is 0 Å². The molecule has 2 aliphatic rings. The molecule has 2 saturated heterocycles. The lowest BCUT2D eigenvalue weighted by molar-refractivity contribution is 0.0115. The SMILES string of the molecule is CN1CCN(c2ccnc3[nH]c(-c4n[nH]c5ncc(-c6cncc(CN7CCC(F)(F)C7)c6)cc45)cc23)CC1. The number of likely N-dealkylation sites (tertiary alicyclic amines) is 1. The lowest BCUT2D eigenvalue weighted by Gasteiger charge is -2.34. The molecule has 200 valence electrons. The summed E-state index contributed by atoms with van der Waals surface area (Å²) in [6.07, 6.45) is 7.06. The summed E-state index contributed by atoms with van der Waals surface area (Å²) in [5.41, 5.74) is 6.99. The predicted molar refractivity (Wildman–Crippen MR) is 147 cm³/mol. The fraction of sp³-hybridized carbons (Fsp3) is 0.357. The summed E-state index contributed by atoms with van der Waals surface area (Å²) in [6.45, 7) is 4.63. The van der Waals surface area contributed by atoms with Crippen LogP contribution >= 0.6 is 0 Å². The monoisotopic (exact) mass is 529 g/mol. The van der Waals surface area contributed by atoms with Crippen molar-refractivity contribution in [2.75, 3.05) is 51.2 Å². The molecule has 0 bridgehead atoms. The number of anilines is 1. The second-order valence-corrected chi connectivity index (χ2v) is 10.7. The van der Waals surface area contributed by atoms with Crippen molar-refractivity contribution < 1.29 is 8.78 Å². The van der Waals surface area contributed by atoms with E-state index in [0.717, 1.165) is 70.7 Å². The lowest BCUT2D eigenvalue weighted by Crippen LogP contribution is -2.44. The van der Waals surface area contributed by atoms with E-state index in [-0.39, 0.29) is 13.0 Å². The molecule has 0 aliphatic carbocycles. The van der Waals surface area contributed by atoms with E-state index >= 15 is 0 Å². The number of nitrogens with zero attached hydrogens (tertiary/aromatic N) is 7. The van der Waals surface area contributed by atoms with Gasteiger partial charge in [-0.2, -0.15) is 5.10 Å². The van der Waals surface area contributed by atoms with E-state index in [1.54, 1.807) is 23.5 Å². The molecule has 0 atom stereocenters. The topological polar surface area (TPSA) is 92.9 Å². The normalized spacial score (nSPS) is 18.5. The van der Waals surface area contributed by atoms with Gasteiger partial charge in [0.25, 0.3) is 5.92 Å². The van der Waals surface area contributed by atoms with Gasteiger partial charge in [-0.1, -0.05) is 0 Å². The number of H-pyrrole nitrogens is 2. The van der Waals surface area contributed by atoms with Crippen LogP contribution in [0.4, 0.5) is 14.5 Å². The van der Waals surface area contributed by atoms with Crippen molar-refractivity contribution >= 4 is 27.8 Å². The Kier molecular flexibility index (Phi) is 5.78. The Morgan fingerprint density at radius 2 is 1.77 bits per heavy atom. The van der Waals surface area contributed by atoms with Crippen LogP contribution in [0.15, 0.2) is 49.1 Å². The van der Waals surface area contributed by atoms with Crippen LogP contribution in [-0.2, 0) is 6.54 Å². The molecule has 0 unspecified atom stereocenters. The Labute approximate surface area is 223 Å². The van der Waals surface area contributed by atoms with Gasteiger partial charge >= 0.3 is 0 Å². The Morgan fingerprint density at radius 1 is 0.923 bits per heavy atom. The molecule has 2 aliphatic heterocycles. The minimum absolute atomic E-state index is 0.0931. The standard InChI is InChI=1S/C28H29F2N9/c1-37-6-8-39(9-7-37)24-2-4-32-26-21(24)12-23(34-26)25-22-11-20(15-33-27(22)36-35-25)19-10-18(13-31-14-19)16-38-5-3-28(29,30)17-38/h2,4,10-15H,3,5-9,16-17H2,1H3,(H,32,34)(H,33,35,36). The molecule has 11 heteroatoms. The number of hydrogen-bond donors (Lipinski definition) is 2. The number of aromatic nitrogens is 6. The summed E-state index contributed by atoms with van der Waals surface area (Å²) < 4.78 is 27.3. The number of halogens is 2. The zero-order valence-corrected chi connectivity index (χ0v) is 21.7. The number of piperazine rings is 1. The van der Waals surface area contributed by atoms with Crippen molar-refractivity contribution in [2.24, 2.45) is 0 Å². The largest absolute Gasteiger partial charge is 0.368 e. The lowest BCUT2D eigenvalue weighted by atomic mass is 10.1. The Balaban J connectivity index is 1.21. The fourth-order valence-corrected chi connectivity index (χ4v) is 5.66. The second-order valence-electron chi connectivity index (χ2n) is 10.7. The van der Waals surface area contributed by atoms with Crippen molar-refractivity contribution in [3.8, 4) is 22.5 Å². The van der Waals surface area contributed by atoms with Crippen molar-refractivity contribution in [2.45, 2.75) is 18.9 Å². The number of pyridine rings is 3. The molecule has 0 aromatic carbocycles. The van der Waals surface area contributed by atoms with Gasteiger partial charge in [-0.15, -0.1) is 0 Å². The molecule has 2 N–H and O–H groups in total. The highest BCUT2D eigenvalue weighted by Crippen LogP contribution is 2.34. The third-order valence-electron chi connectivity index (χ3n) is 7.81. The molecule has 7 rings (SSSR count). The molecule has 0 amide bonds. The molecule has 0 saturated carbocycles. The Morgan fingerprint density at radius 3 is 2.59 bits per heavy atom. The van der Waals surface area contributed by atoms with Crippen LogP contribution in [0.25, 0.3) is 44.6 Å². The van der Waals surface area contributed by atoms with Gasteiger partial charge in [0.05, 0.1) is 12.2 Å². The van der Waals surface area contributed by atoms with Crippen LogP contribution in [0, 0.1) is 0 Å². The van der Waals surface area contributed by atoms with Crippen molar-refractivity contribution in [1.29, 1.82) is 0 Å². The summed E-state index contributed by atoms with van der Waals surface area (Å²) in [5, 5.41) is 9.59. The molecule has 0 radical (unpaired) electrons. The van der Waals surface area contributed by atoms with E-state index in [1.165, 1.54) is 5.69 Å². The van der Waals surface area contributed by atoms with E-state index in [4.69, 9.17) is 0 Å². The van der Waals surface area contributed by atoms with Gasteiger partial charge in [0.2, 0.25) is 0 Å². The highest BCUT2D eigenvalue weighted by atomic mass is 19.3. The van der Waals surface area contributed by atoms with Gasteiger partial charge in [0, 0.05) is 98.1 Å². The second kappa shape index (κ2) is 9.35. The molecular formula is C28H29F2N9. The molecule has 2 fully saturated rings. The van der Waals surface area contributed by atoms with Crippen LogP contribution < -0.4 is 4.90 Å². The number of likely N-dealkylation sites (N-methyl/N-ethyl adjacent to an activating group) is 1. The van der Waals surface area contributed by atoms with E-state index in [1.807, 2.05) is 18.3 Å². The first-order valence-electron chi connectivity index (χ1n) is 13.2. The van der Waals surface area contributed by atoms with Crippen LogP contribution in [-0.4, -0.2) is 92.2 Å². The van der Waals surface area contributed by atoms with Crippen molar-refractivity contribution in [1.82, 2.24) is 39.9 Å². The maximum atomic E-state index is 13.7. The minimum Gasteiger partial charge on any atom is -0.368 e. The predicted octanol–water partition coefficient (Wildman–Crippen LogP) is 4.16. The van der Waals surface area contributed by atoms with Gasteiger partial charge in [0.1, 0.15) is 11.3 Å². The molecule has 5 aromatic heterocycles. The van der Waals surface area contributed by atoms with Crippen molar-refractivity contribution in [3.05, 3.63) is 54.6 Å². The Hall–Kier alpha value is -3.96. The fourth-order valence-electron chi connectivity index (χ4n) is 5.66. The minimum atomic E-state index is -2.61. The van der Waals surface area contributed by atoms with E-state index in [9.17, 15) is 8.78 Å². The van der Waals surface area contributed by atoms with Crippen molar-refractivity contribution in [3.63, 3.8) is 0 Å². The van der Waals surface area contributed by atoms with Gasteiger partial charge in [-0.3, -0.25) is 15.0 Å². The first-order valence-corrected chi connectivity index (χ1v) is 13.2. The first kappa shape index (κ1) is 24.1. The van der Waals surface area contributed by atoms with Crippen LogP contribution in [0.3, 0.4) is 0 Å². The van der Waals surface area contributed by atoms with Gasteiger partial charge in [-0.25, -0.2) is 18.7 Å². The molecule has 39 heavy (non-hydrogen) atoms. The zero-order chi connectivity index (χ0) is 26.6. The Bertz CT molecular complexity index is 1650. The average Bonchev–Trinajstić information content (AvgIpc) is 3.64. The third-order valence-corrected chi connectivity index (χ3v) is 7.81. The molecular weight excluding hydrogens is 500 g/mol. The van der Waals surface area contributed by atoms with Crippen LogP contribution in [0.1, 0.15) is 12.0 Å². The molecule has 9 nitrogen and oxygen atoms in total. The van der Waals surface area contributed by atoms with E-state index < -0.39 is 5.92 Å². The maximum absolute atomic E-state index is 13.7. The van der Waals surface area contributed by atoms with E-state index in [2.05, 4.69) is 59.1 Å². The van der Waals surface area contributed by atoms with Gasteiger partial charge in [0.15, 0.2) is 5.65 Å². The highest BCUT2D eigenvalue weighted by molar-refractivity contribution is 5.98. The van der Waals surface area contributed by atoms with E-state index in [0.29, 0.717) is 18.7 Å². The van der Waals surface area contributed by atoms with Gasteiger partial charge in [-0.05, 0) is 36.9 Å². The summed E-state index contributed by atoms with van der Waals surface area (Å²) in [4.78, 5) is 23.6. The quantitative estimate of drug-likeness (QED) is 0.353.